The summed E-state index contributed by atoms with van der Waals surface area (Å²) in [5.41, 5.74) is 6.73. The molecule has 0 unspecified atom stereocenters. The number of nitrogens with two attached hydrogens (primary N) is 1. The molecular formula is C19H22N4O4S. The Balaban J connectivity index is 1.79. The van der Waals surface area contributed by atoms with Gasteiger partial charge >= 0.3 is 0 Å². The van der Waals surface area contributed by atoms with Crippen molar-refractivity contribution in [3.8, 4) is 5.75 Å². The molecule has 2 aromatic rings. The van der Waals surface area contributed by atoms with E-state index in [1.807, 2.05) is 12.1 Å². The largest absolute Gasteiger partial charge is 0.487 e. The molecule has 2 aromatic carbocycles. The van der Waals surface area contributed by atoms with Gasteiger partial charge in [-0.25, -0.2) is 8.42 Å². The molecule has 148 valence electrons. The summed E-state index contributed by atoms with van der Waals surface area (Å²) < 4.78 is 34.0. The molecule has 3 N–H and O–H groups in total. The smallest absolute Gasteiger partial charge is 0.265 e. The molecular weight excluding hydrogens is 380 g/mol. The highest BCUT2D eigenvalue weighted by molar-refractivity contribution is 7.93. The van der Waals surface area contributed by atoms with Crippen LogP contribution in [-0.2, 0) is 10.0 Å². The minimum absolute atomic E-state index is 0.0196. The van der Waals surface area contributed by atoms with E-state index in [1.54, 1.807) is 18.2 Å². The number of hydrogen-bond acceptors (Lipinski definition) is 6. The highest BCUT2D eigenvalue weighted by atomic mass is 32.2. The minimum Gasteiger partial charge on any atom is -0.487 e. The molecule has 0 bridgehead atoms. The third kappa shape index (κ3) is 3.16. The summed E-state index contributed by atoms with van der Waals surface area (Å²) in [6, 6.07) is 11.5. The van der Waals surface area contributed by atoms with E-state index in [-0.39, 0.29) is 23.6 Å². The lowest BCUT2D eigenvalue weighted by atomic mass is 10.2. The van der Waals surface area contributed by atoms with Gasteiger partial charge in [0.2, 0.25) is 5.91 Å². The van der Waals surface area contributed by atoms with Crippen molar-refractivity contribution in [3.05, 3.63) is 48.0 Å². The van der Waals surface area contributed by atoms with Gasteiger partial charge in [0.25, 0.3) is 10.0 Å². The summed E-state index contributed by atoms with van der Waals surface area (Å²) in [7, 11) is -3.98. The number of primary amides is 1. The monoisotopic (exact) mass is 402 g/mol. The molecule has 0 spiro atoms. The quantitative estimate of drug-likeness (QED) is 0.783. The van der Waals surface area contributed by atoms with Gasteiger partial charge in [0.15, 0.2) is 5.75 Å². The number of sulfonamides is 1. The van der Waals surface area contributed by atoms with Crippen LogP contribution in [0.3, 0.4) is 0 Å². The van der Waals surface area contributed by atoms with Gasteiger partial charge in [-0.3, -0.25) is 9.10 Å². The molecule has 8 nitrogen and oxygen atoms in total. The number of ether oxygens (including phenoxy) is 1. The molecule has 2 aliphatic heterocycles. The first kappa shape index (κ1) is 18.6. The summed E-state index contributed by atoms with van der Waals surface area (Å²) in [6.45, 7) is 3.74. The van der Waals surface area contributed by atoms with Crippen LogP contribution in [-0.4, -0.2) is 53.7 Å². The van der Waals surface area contributed by atoms with Crippen molar-refractivity contribution in [2.75, 3.05) is 48.5 Å². The number of amides is 1. The molecule has 0 atom stereocenters. The number of nitrogens with one attached hydrogen (secondary N) is 1. The van der Waals surface area contributed by atoms with Crippen molar-refractivity contribution in [1.29, 1.82) is 0 Å². The van der Waals surface area contributed by atoms with Crippen molar-refractivity contribution in [2.24, 2.45) is 5.73 Å². The molecule has 28 heavy (non-hydrogen) atoms. The van der Waals surface area contributed by atoms with Crippen LogP contribution in [0.4, 0.5) is 11.4 Å². The molecule has 0 aliphatic carbocycles. The highest BCUT2D eigenvalue weighted by Gasteiger charge is 2.34. The van der Waals surface area contributed by atoms with Crippen molar-refractivity contribution >= 4 is 27.3 Å². The van der Waals surface area contributed by atoms with E-state index < -0.39 is 15.9 Å². The van der Waals surface area contributed by atoms with Crippen LogP contribution >= 0.6 is 0 Å². The summed E-state index contributed by atoms with van der Waals surface area (Å²) in [4.78, 5) is 13.8. The average Bonchev–Trinajstić information content (AvgIpc) is 2.73. The minimum atomic E-state index is -3.98. The normalized spacial score (nSPS) is 17.0. The maximum absolute atomic E-state index is 13.4. The van der Waals surface area contributed by atoms with E-state index in [9.17, 15) is 13.2 Å². The number of rotatable bonds is 4. The van der Waals surface area contributed by atoms with E-state index in [2.05, 4.69) is 10.2 Å². The molecule has 1 amide bonds. The van der Waals surface area contributed by atoms with Crippen LogP contribution in [0, 0.1) is 0 Å². The number of fused-ring (bicyclic) bond motifs is 1. The first-order valence-corrected chi connectivity index (χ1v) is 10.6. The summed E-state index contributed by atoms with van der Waals surface area (Å²) in [5, 5.41) is 3.30. The number of piperazine rings is 1. The summed E-state index contributed by atoms with van der Waals surface area (Å²) in [5.74, 6) is -0.224. The van der Waals surface area contributed by atoms with Gasteiger partial charge in [-0.1, -0.05) is 18.2 Å². The van der Waals surface area contributed by atoms with Crippen LogP contribution < -0.4 is 25.0 Å². The van der Waals surface area contributed by atoms with Gasteiger partial charge in [-0.05, 0) is 24.3 Å². The second-order valence-electron chi connectivity index (χ2n) is 6.65. The Bertz CT molecular complexity index is 1000. The zero-order valence-corrected chi connectivity index (χ0v) is 16.1. The second kappa shape index (κ2) is 7.33. The molecule has 0 saturated carbocycles. The third-order valence-corrected chi connectivity index (χ3v) is 6.83. The van der Waals surface area contributed by atoms with E-state index in [0.717, 1.165) is 31.9 Å². The van der Waals surface area contributed by atoms with Crippen molar-refractivity contribution in [1.82, 2.24) is 5.32 Å². The van der Waals surface area contributed by atoms with E-state index >= 15 is 0 Å². The Hall–Kier alpha value is -2.78. The van der Waals surface area contributed by atoms with Gasteiger partial charge in [-0.15, -0.1) is 0 Å². The lowest BCUT2D eigenvalue weighted by molar-refractivity contribution is 0.0997. The summed E-state index contributed by atoms with van der Waals surface area (Å²) in [6.07, 6.45) is 0. The van der Waals surface area contributed by atoms with Crippen molar-refractivity contribution in [2.45, 2.75) is 4.90 Å². The number of hydrogen-bond donors (Lipinski definition) is 2. The van der Waals surface area contributed by atoms with Gasteiger partial charge in [-0.2, -0.15) is 0 Å². The zero-order chi connectivity index (χ0) is 19.7. The SMILES string of the molecule is NC(=O)c1ccccc1S(=O)(=O)N1CCOc2c(N3CCNCC3)cccc21. The number of carbonyl (C=O) groups excluding carboxylic acids is 1. The van der Waals surface area contributed by atoms with E-state index in [1.165, 1.54) is 16.4 Å². The molecule has 0 aromatic heterocycles. The average molecular weight is 402 g/mol. The van der Waals surface area contributed by atoms with Crippen LogP contribution in [0.5, 0.6) is 5.75 Å². The van der Waals surface area contributed by atoms with Gasteiger partial charge < -0.3 is 20.7 Å². The van der Waals surface area contributed by atoms with Gasteiger partial charge in [0.05, 0.1) is 23.5 Å². The standard InChI is InChI=1S/C19H22N4O4S/c20-19(24)14-4-1-2-7-17(14)28(25,26)23-12-13-27-18-15(5-3-6-16(18)23)22-10-8-21-9-11-22/h1-7,21H,8-13H2,(H2,20,24). The zero-order valence-electron chi connectivity index (χ0n) is 15.3. The van der Waals surface area contributed by atoms with Gasteiger partial charge in [0, 0.05) is 26.2 Å². The van der Waals surface area contributed by atoms with Crippen LogP contribution in [0.1, 0.15) is 10.4 Å². The summed E-state index contributed by atoms with van der Waals surface area (Å²) >= 11 is 0. The Morgan fingerprint density at radius 1 is 1.00 bits per heavy atom. The first-order chi connectivity index (χ1) is 13.5. The van der Waals surface area contributed by atoms with E-state index in [0.29, 0.717) is 11.4 Å². The van der Waals surface area contributed by atoms with Crippen LogP contribution in [0.15, 0.2) is 47.4 Å². The van der Waals surface area contributed by atoms with Crippen LogP contribution in [0.2, 0.25) is 0 Å². The molecule has 1 saturated heterocycles. The third-order valence-electron chi connectivity index (χ3n) is 4.96. The lowest BCUT2D eigenvalue weighted by Crippen LogP contribution is -2.44. The second-order valence-corrected chi connectivity index (χ2v) is 8.48. The molecule has 2 heterocycles. The fourth-order valence-corrected chi connectivity index (χ4v) is 5.28. The highest BCUT2D eigenvalue weighted by Crippen LogP contribution is 2.42. The van der Waals surface area contributed by atoms with E-state index in [4.69, 9.17) is 10.5 Å². The van der Waals surface area contributed by atoms with Crippen molar-refractivity contribution < 1.29 is 17.9 Å². The number of benzene rings is 2. The maximum Gasteiger partial charge on any atom is 0.265 e. The molecule has 1 fully saturated rings. The topological polar surface area (TPSA) is 105 Å². The number of nitrogens with zero attached hydrogens (tertiary/aromatic N) is 2. The number of anilines is 2. The Labute approximate surface area is 163 Å². The predicted octanol–water partition coefficient (Wildman–Crippen LogP) is 0.783. The van der Waals surface area contributed by atoms with Crippen molar-refractivity contribution in [3.63, 3.8) is 0 Å². The molecule has 4 rings (SSSR count). The lowest BCUT2D eigenvalue weighted by Gasteiger charge is -2.36. The van der Waals surface area contributed by atoms with Gasteiger partial charge in [0.1, 0.15) is 11.5 Å². The Kier molecular flexibility index (Phi) is 4.86. The molecule has 0 radical (unpaired) electrons. The predicted molar refractivity (Wildman–Crippen MR) is 107 cm³/mol. The fraction of sp³-hybridized carbons (Fsp3) is 0.316. The maximum atomic E-state index is 13.4. The Morgan fingerprint density at radius 2 is 1.71 bits per heavy atom. The number of carbonyl (C=O) groups is 1. The number of para-hydroxylation sites is 1. The molecule has 2 aliphatic rings. The van der Waals surface area contributed by atoms with Crippen LogP contribution in [0.25, 0.3) is 0 Å². The first-order valence-electron chi connectivity index (χ1n) is 9.13. The fourth-order valence-electron chi connectivity index (χ4n) is 3.63. The Morgan fingerprint density at radius 3 is 2.46 bits per heavy atom. The molecule has 9 heteroatoms.